The zero-order valence-electron chi connectivity index (χ0n) is 12.9. The quantitative estimate of drug-likeness (QED) is 0.804. The van der Waals surface area contributed by atoms with Gasteiger partial charge in [0.05, 0.1) is 23.0 Å². The molecule has 0 spiro atoms. The maximum absolute atomic E-state index is 6.46. The summed E-state index contributed by atoms with van der Waals surface area (Å²) in [7, 11) is 0. The number of rotatable bonds is 3. The molecule has 6 nitrogen and oxygen atoms in total. The number of hydrogen-bond acceptors (Lipinski definition) is 5. The Morgan fingerprint density at radius 3 is 2.65 bits per heavy atom. The molecule has 1 aliphatic rings. The third-order valence-electron chi connectivity index (χ3n) is 4.47. The molecule has 0 unspecified atom stereocenters. The van der Waals surface area contributed by atoms with Crippen LogP contribution < -0.4 is 5.73 Å². The van der Waals surface area contributed by atoms with E-state index in [-0.39, 0.29) is 0 Å². The van der Waals surface area contributed by atoms with E-state index in [0.29, 0.717) is 11.7 Å². The summed E-state index contributed by atoms with van der Waals surface area (Å²) < 4.78 is 7.21. The average molecular weight is 309 g/mol. The predicted molar refractivity (Wildman–Crippen MR) is 85.8 cm³/mol. The number of hydrogen-bond donors (Lipinski definition) is 1. The van der Waals surface area contributed by atoms with Gasteiger partial charge in [0.25, 0.3) is 5.89 Å². The van der Waals surface area contributed by atoms with E-state index in [4.69, 9.17) is 10.3 Å². The van der Waals surface area contributed by atoms with E-state index in [9.17, 15) is 0 Å². The van der Waals surface area contributed by atoms with E-state index in [2.05, 4.69) is 15.2 Å². The molecule has 1 saturated carbocycles. The molecule has 2 N–H and O–H groups in total. The molecule has 3 aromatic rings. The Labute approximate surface area is 134 Å². The number of aromatic nitrogens is 4. The minimum Gasteiger partial charge on any atom is -0.334 e. The van der Waals surface area contributed by atoms with Crippen LogP contribution in [0.15, 0.2) is 47.2 Å². The van der Waals surface area contributed by atoms with Gasteiger partial charge in [-0.05, 0) is 25.0 Å². The molecule has 2 heterocycles. The van der Waals surface area contributed by atoms with Gasteiger partial charge in [0.2, 0.25) is 0 Å². The van der Waals surface area contributed by atoms with Crippen LogP contribution in [0.5, 0.6) is 0 Å². The first-order valence-corrected chi connectivity index (χ1v) is 7.98. The van der Waals surface area contributed by atoms with Crippen LogP contribution in [-0.2, 0) is 5.54 Å². The van der Waals surface area contributed by atoms with E-state index in [1.807, 2.05) is 36.5 Å². The van der Waals surface area contributed by atoms with Crippen molar-refractivity contribution in [3.63, 3.8) is 0 Å². The summed E-state index contributed by atoms with van der Waals surface area (Å²) in [5.41, 5.74) is 7.80. The lowest BCUT2D eigenvalue weighted by Crippen LogP contribution is -2.39. The van der Waals surface area contributed by atoms with Crippen LogP contribution in [0.4, 0.5) is 0 Å². The van der Waals surface area contributed by atoms with Gasteiger partial charge < -0.3 is 10.3 Å². The number of para-hydroxylation sites is 1. The van der Waals surface area contributed by atoms with Crippen molar-refractivity contribution in [3.8, 4) is 17.1 Å². The van der Waals surface area contributed by atoms with Crippen molar-refractivity contribution in [1.29, 1.82) is 0 Å². The fourth-order valence-electron chi connectivity index (χ4n) is 3.10. The molecule has 23 heavy (non-hydrogen) atoms. The maximum Gasteiger partial charge on any atom is 0.261 e. The Hall–Kier alpha value is -2.47. The summed E-state index contributed by atoms with van der Waals surface area (Å²) in [5, 5.41) is 8.48. The Balaban J connectivity index is 1.61. The molecule has 0 bridgehead atoms. The molecule has 6 heteroatoms. The summed E-state index contributed by atoms with van der Waals surface area (Å²) >= 11 is 0. The molecule has 4 rings (SSSR count). The van der Waals surface area contributed by atoms with Crippen molar-refractivity contribution in [1.82, 2.24) is 19.9 Å². The molecule has 0 amide bonds. The Morgan fingerprint density at radius 1 is 1.09 bits per heavy atom. The largest absolute Gasteiger partial charge is 0.334 e. The minimum absolute atomic E-state index is 0.449. The van der Waals surface area contributed by atoms with Gasteiger partial charge in [-0.15, -0.1) is 0 Å². The number of benzene rings is 1. The number of nitrogens with two attached hydrogens (primary N) is 1. The standard InChI is InChI=1S/C17H19N5O/c18-17(9-5-2-6-10-17)16-20-15(23-21-16)13-11-19-22(12-13)14-7-3-1-4-8-14/h1,3-4,7-8,11-12H,2,5-6,9-10,18H2. The molecular weight excluding hydrogens is 290 g/mol. The van der Waals surface area contributed by atoms with Crippen LogP contribution in [0.1, 0.15) is 37.9 Å². The highest BCUT2D eigenvalue weighted by Crippen LogP contribution is 2.34. The molecule has 0 saturated heterocycles. The van der Waals surface area contributed by atoms with Gasteiger partial charge in [0.15, 0.2) is 5.82 Å². The van der Waals surface area contributed by atoms with E-state index in [1.54, 1.807) is 10.9 Å². The lowest BCUT2D eigenvalue weighted by Gasteiger charge is -2.29. The van der Waals surface area contributed by atoms with Gasteiger partial charge in [-0.3, -0.25) is 0 Å². The van der Waals surface area contributed by atoms with Gasteiger partial charge in [-0.2, -0.15) is 10.1 Å². The maximum atomic E-state index is 6.46. The fourth-order valence-corrected chi connectivity index (χ4v) is 3.10. The second-order valence-corrected chi connectivity index (χ2v) is 6.15. The number of nitrogens with zero attached hydrogens (tertiary/aromatic N) is 4. The summed E-state index contributed by atoms with van der Waals surface area (Å²) in [5.74, 6) is 1.08. The van der Waals surface area contributed by atoms with Gasteiger partial charge in [-0.1, -0.05) is 42.6 Å². The van der Waals surface area contributed by atoms with E-state index >= 15 is 0 Å². The van der Waals surface area contributed by atoms with Crippen molar-refractivity contribution < 1.29 is 4.52 Å². The van der Waals surface area contributed by atoms with Crippen LogP contribution in [-0.4, -0.2) is 19.9 Å². The van der Waals surface area contributed by atoms with Gasteiger partial charge in [-0.25, -0.2) is 4.68 Å². The normalized spacial score (nSPS) is 17.3. The first-order chi connectivity index (χ1) is 11.2. The predicted octanol–water partition coefficient (Wildman–Crippen LogP) is 3.04. The lowest BCUT2D eigenvalue weighted by molar-refractivity contribution is 0.275. The van der Waals surface area contributed by atoms with Crippen LogP contribution in [0, 0.1) is 0 Å². The molecule has 0 radical (unpaired) electrons. The Kier molecular flexibility index (Phi) is 3.46. The van der Waals surface area contributed by atoms with Crippen LogP contribution in [0.3, 0.4) is 0 Å². The zero-order valence-corrected chi connectivity index (χ0v) is 12.9. The monoisotopic (exact) mass is 309 g/mol. The highest BCUT2D eigenvalue weighted by molar-refractivity contribution is 5.51. The van der Waals surface area contributed by atoms with E-state index in [1.165, 1.54) is 6.42 Å². The molecule has 1 aliphatic carbocycles. The van der Waals surface area contributed by atoms with Crippen LogP contribution in [0.2, 0.25) is 0 Å². The first kappa shape index (κ1) is 14.1. The molecule has 0 atom stereocenters. The summed E-state index contributed by atoms with van der Waals surface area (Å²) in [4.78, 5) is 4.53. The van der Waals surface area contributed by atoms with Gasteiger partial charge in [0, 0.05) is 6.20 Å². The molecule has 118 valence electrons. The van der Waals surface area contributed by atoms with Crippen molar-refractivity contribution in [2.45, 2.75) is 37.6 Å². The fraction of sp³-hybridized carbons (Fsp3) is 0.353. The van der Waals surface area contributed by atoms with Gasteiger partial charge in [0.1, 0.15) is 0 Å². The summed E-state index contributed by atoms with van der Waals surface area (Å²) in [6.07, 6.45) is 8.90. The molecule has 2 aromatic heterocycles. The van der Waals surface area contributed by atoms with Crippen molar-refractivity contribution in [2.75, 3.05) is 0 Å². The van der Waals surface area contributed by atoms with Crippen molar-refractivity contribution >= 4 is 0 Å². The smallest absolute Gasteiger partial charge is 0.261 e. The third kappa shape index (κ3) is 2.66. The van der Waals surface area contributed by atoms with Crippen molar-refractivity contribution in [3.05, 3.63) is 48.5 Å². The summed E-state index contributed by atoms with van der Waals surface area (Å²) in [6.45, 7) is 0. The van der Waals surface area contributed by atoms with Gasteiger partial charge >= 0.3 is 0 Å². The molecule has 1 aromatic carbocycles. The minimum atomic E-state index is -0.449. The molecule has 1 fully saturated rings. The van der Waals surface area contributed by atoms with E-state index in [0.717, 1.165) is 36.9 Å². The lowest BCUT2D eigenvalue weighted by atomic mass is 9.82. The average Bonchev–Trinajstić information content (AvgIpc) is 3.26. The Bertz CT molecular complexity index is 786. The van der Waals surface area contributed by atoms with Crippen molar-refractivity contribution in [2.24, 2.45) is 5.73 Å². The third-order valence-corrected chi connectivity index (χ3v) is 4.47. The zero-order chi connectivity index (χ0) is 15.7. The highest BCUT2D eigenvalue weighted by Gasteiger charge is 2.34. The second-order valence-electron chi connectivity index (χ2n) is 6.15. The Morgan fingerprint density at radius 2 is 1.87 bits per heavy atom. The topological polar surface area (TPSA) is 82.8 Å². The summed E-state index contributed by atoms with van der Waals surface area (Å²) in [6, 6.07) is 9.91. The highest BCUT2D eigenvalue weighted by atomic mass is 16.5. The van der Waals surface area contributed by atoms with E-state index < -0.39 is 5.54 Å². The van der Waals surface area contributed by atoms with Crippen LogP contribution >= 0.6 is 0 Å². The second kappa shape index (κ2) is 5.62. The first-order valence-electron chi connectivity index (χ1n) is 7.98. The van der Waals surface area contributed by atoms with Crippen LogP contribution in [0.25, 0.3) is 17.1 Å². The SMILES string of the molecule is NC1(c2noc(-c3cnn(-c4ccccc4)c3)n2)CCCCC1. The molecular formula is C17H19N5O. The molecule has 0 aliphatic heterocycles.